The van der Waals surface area contributed by atoms with Crippen LogP contribution in [0.3, 0.4) is 0 Å². The van der Waals surface area contributed by atoms with E-state index in [1.165, 1.54) is 0 Å². The highest BCUT2D eigenvalue weighted by Gasteiger charge is 2.22. The number of morpholine rings is 1. The lowest BCUT2D eigenvalue weighted by molar-refractivity contribution is -0.0262. The van der Waals surface area contributed by atoms with Crippen LogP contribution in [0, 0.1) is 0 Å². The van der Waals surface area contributed by atoms with E-state index < -0.39 is 0 Å². The van der Waals surface area contributed by atoms with Gasteiger partial charge in [-0.1, -0.05) is 0 Å². The molecule has 1 atom stereocenters. The summed E-state index contributed by atoms with van der Waals surface area (Å²) in [5, 5.41) is 0. The highest BCUT2D eigenvalue weighted by molar-refractivity contribution is 5.51. The molecule has 0 saturated carbocycles. The van der Waals surface area contributed by atoms with Crippen LogP contribution in [0.4, 0.5) is 0 Å². The summed E-state index contributed by atoms with van der Waals surface area (Å²) in [6.07, 6.45) is 1.01. The number of hydrogen-bond donors (Lipinski definition) is 1. The van der Waals surface area contributed by atoms with Crippen molar-refractivity contribution in [1.82, 2.24) is 4.90 Å². The third kappa shape index (κ3) is 3.45. The van der Waals surface area contributed by atoms with Crippen molar-refractivity contribution in [2.45, 2.75) is 19.1 Å². The van der Waals surface area contributed by atoms with Gasteiger partial charge in [0.1, 0.15) is 5.75 Å². The molecule has 22 heavy (non-hydrogen) atoms. The van der Waals surface area contributed by atoms with Gasteiger partial charge in [0.05, 0.1) is 33.0 Å². The Hall–Kier alpha value is -1.50. The monoisotopic (exact) mass is 308 g/mol. The second kappa shape index (κ2) is 7.17. The summed E-state index contributed by atoms with van der Waals surface area (Å²) < 4.78 is 22.6. The number of methoxy groups -OCH3 is 1. The van der Waals surface area contributed by atoms with Gasteiger partial charge in [0, 0.05) is 44.2 Å². The Morgan fingerprint density at radius 1 is 1.23 bits per heavy atom. The van der Waals surface area contributed by atoms with E-state index in [0.717, 1.165) is 48.9 Å². The van der Waals surface area contributed by atoms with E-state index in [-0.39, 0.29) is 6.10 Å². The van der Waals surface area contributed by atoms with Crippen molar-refractivity contribution < 1.29 is 18.9 Å². The predicted octanol–water partition coefficient (Wildman–Crippen LogP) is 1.02. The van der Waals surface area contributed by atoms with Crippen LogP contribution in [0.2, 0.25) is 0 Å². The topological polar surface area (TPSA) is 66.2 Å². The number of ether oxygens (including phenoxy) is 4. The fourth-order valence-electron chi connectivity index (χ4n) is 2.85. The van der Waals surface area contributed by atoms with Gasteiger partial charge in [0.15, 0.2) is 11.5 Å². The molecule has 0 aliphatic carbocycles. The molecule has 2 heterocycles. The summed E-state index contributed by atoms with van der Waals surface area (Å²) >= 11 is 0. The van der Waals surface area contributed by atoms with E-state index in [2.05, 4.69) is 4.90 Å². The van der Waals surface area contributed by atoms with Gasteiger partial charge in [-0.25, -0.2) is 0 Å². The van der Waals surface area contributed by atoms with Crippen molar-refractivity contribution >= 4 is 0 Å². The van der Waals surface area contributed by atoms with Crippen molar-refractivity contribution in [2.75, 3.05) is 46.6 Å². The summed E-state index contributed by atoms with van der Waals surface area (Å²) in [7, 11) is 1.69. The number of benzene rings is 1. The maximum Gasteiger partial charge on any atom is 0.164 e. The molecule has 0 bridgehead atoms. The van der Waals surface area contributed by atoms with Gasteiger partial charge >= 0.3 is 0 Å². The lowest BCUT2D eigenvalue weighted by Crippen LogP contribution is -2.45. The van der Waals surface area contributed by atoms with Crippen LogP contribution in [0.15, 0.2) is 12.1 Å². The van der Waals surface area contributed by atoms with Gasteiger partial charge in [-0.3, -0.25) is 4.90 Å². The Bertz CT molecular complexity index is 509. The first-order valence-corrected chi connectivity index (χ1v) is 7.80. The number of fused-ring (bicyclic) bond motifs is 1. The molecule has 0 aromatic heterocycles. The predicted molar refractivity (Wildman–Crippen MR) is 82.7 cm³/mol. The number of nitrogens with two attached hydrogens (primary N) is 1. The van der Waals surface area contributed by atoms with Crippen LogP contribution in [-0.2, 0) is 11.3 Å². The minimum Gasteiger partial charge on any atom is -0.496 e. The number of nitrogens with zero attached hydrogens (tertiary/aromatic N) is 1. The highest BCUT2D eigenvalue weighted by Crippen LogP contribution is 2.37. The molecule has 1 aromatic rings. The normalized spacial score (nSPS) is 22.2. The molecule has 0 amide bonds. The van der Waals surface area contributed by atoms with Crippen molar-refractivity contribution in [2.24, 2.45) is 5.73 Å². The van der Waals surface area contributed by atoms with Crippen molar-refractivity contribution in [3.05, 3.63) is 17.7 Å². The van der Waals surface area contributed by atoms with Gasteiger partial charge in [-0.15, -0.1) is 0 Å². The zero-order valence-electron chi connectivity index (χ0n) is 13.0. The molecular weight excluding hydrogens is 284 g/mol. The lowest BCUT2D eigenvalue weighted by atomic mass is 10.1. The first kappa shape index (κ1) is 15.4. The van der Waals surface area contributed by atoms with E-state index in [0.29, 0.717) is 26.4 Å². The van der Waals surface area contributed by atoms with Gasteiger partial charge < -0.3 is 24.7 Å². The Labute approximate surface area is 131 Å². The van der Waals surface area contributed by atoms with Gasteiger partial charge in [0.2, 0.25) is 0 Å². The molecule has 1 aromatic carbocycles. The standard InChI is InChI=1S/C16H24N2O4/c1-19-14-8-16-15(21-4-2-5-22-16)7-12(14)10-18-3-6-20-13(9-17)11-18/h7-8,13H,2-6,9-11,17H2,1H3/t13-/m0/s1. The summed E-state index contributed by atoms with van der Waals surface area (Å²) in [6.45, 7) is 5.16. The molecule has 1 saturated heterocycles. The minimum absolute atomic E-state index is 0.111. The lowest BCUT2D eigenvalue weighted by Gasteiger charge is -2.32. The Balaban J connectivity index is 1.78. The second-order valence-corrected chi connectivity index (χ2v) is 5.62. The fraction of sp³-hybridized carbons (Fsp3) is 0.625. The third-order valence-electron chi connectivity index (χ3n) is 4.03. The van der Waals surface area contributed by atoms with Crippen molar-refractivity contribution in [3.63, 3.8) is 0 Å². The maximum absolute atomic E-state index is 5.78. The van der Waals surface area contributed by atoms with Crippen LogP contribution in [-0.4, -0.2) is 57.6 Å². The van der Waals surface area contributed by atoms with E-state index >= 15 is 0 Å². The summed E-state index contributed by atoms with van der Waals surface area (Å²) in [5.74, 6) is 2.40. The van der Waals surface area contributed by atoms with E-state index in [9.17, 15) is 0 Å². The highest BCUT2D eigenvalue weighted by atomic mass is 16.5. The molecule has 1 fully saturated rings. The first-order valence-electron chi connectivity index (χ1n) is 7.80. The van der Waals surface area contributed by atoms with Crippen LogP contribution in [0.25, 0.3) is 0 Å². The maximum atomic E-state index is 5.78. The summed E-state index contributed by atoms with van der Waals surface area (Å²) in [5.41, 5.74) is 6.81. The SMILES string of the molecule is COc1cc2c(cc1CN1CCO[C@@H](CN)C1)OCCCO2. The quantitative estimate of drug-likeness (QED) is 0.896. The van der Waals surface area contributed by atoms with Gasteiger partial charge in [-0.05, 0) is 6.07 Å². The van der Waals surface area contributed by atoms with Crippen molar-refractivity contribution in [3.8, 4) is 17.2 Å². The van der Waals surface area contributed by atoms with E-state index in [1.807, 2.05) is 12.1 Å². The number of rotatable bonds is 4. The Kier molecular flexibility index (Phi) is 5.02. The molecular formula is C16H24N2O4. The summed E-state index contributed by atoms with van der Waals surface area (Å²) in [6, 6.07) is 3.96. The van der Waals surface area contributed by atoms with Gasteiger partial charge in [0.25, 0.3) is 0 Å². The zero-order valence-corrected chi connectivity index (χ0v) is 13.0. The zero-order chi connectivity index (χ0) is 15.4. The molecule has 0 radical (unpaired) electrons. The third-order valence-corrected chi connectivity index (χ3v) is 4.03. The number of hydrogen-bond acceptors (Lipinski definition) is 6. The Morgan fingerprint density at radius 3 is 2.73 bits per heavy atom. The van der Waals surface area contributed by atoms with Crippen LogP contribution >= 0.6 is 0 Å². The first-order chi connectivity index (χ1) is 10.8. The molecule has 6 heteroatoms. The average molecular weight is 308 g/mol. The smallest absolute Gasteiger partial charge is 0.164 e. The van der Waals surface area contributed by atoms with Crippen molar-refractivity contribution in [1.29, 1.82) is 0 Å². The average Bonchev–Trinajstić information content (AvgIpc) is 2.79. The summed E-state index contributed by atoms with van der Waals surface area (Å²) in [4.78, 5) is 2.34. The van der Waals surface area contributed by atoms with Crippen LogP contribution in [0.1, 0.15) is 12.0 Å². The van der Waals surface area contributed by atoms with E-state index in [4.69, 9.17) is 24.7 Å². The molecule has 2 aliphatic rings. The largest absolute Gasteiger partial charge is 0.496 e. The molecule has 3 rings (SSSR count). The van der Waals surface area contributed by atoms with E-state index in [1.54, 1.807) is 7.11 Å². The molecule has 122 valence electrons. The second-order valence-electron chi connectivity index (χ2n) is 5.62. The molecule has 2 aliphatic heterocycles. The van der Waals surface area contributed by atoms with Crippen LogP contribution in [0.5, 0.6) is 17.2 Å². The molecule has 0 unspecified atom stereocenters. The molecule has 6 nitrogen and oxygen atoms in total. The van der Waals surface area contributed by atoms with Gasteiger partial charge in [-0.2, -0.15) is 0 Å². The fourth-order valence-corrected chi connectivity index (χ4v) is 2.85. The molecule has 0 spiro atoms. The Morgan fingerprint density at radius 2 is 2.00 bits per heavy atom. The van der Waals surface area contributed by atoms with Crippen LogP contribution < -0.4 is 19.9 Å². The minimum atomic E-state index is 0.111. The molecule has 2 N–H and O–H groups in total.